The average molecular weight is 640 g/mol. The molecule has 5 atom stereocenters. The lowest BCUT2D eigenvalue weighted by Gasteiger charge is -2.46. The Kier molecular flexibility index (Phi) is 7.28. The van der Waals surface area contributed by atoms with Crippen LogP contribution in [0.1, 0.15) is 58.3 Å². The molecule has 230 valence electrons. The Hall–Kier alpha value is -3.37. The fourth-order valence-electron chi connectivity index (χ4n) is 7.77. The van der Waals surface area contributed by atoms with E-state index in [4.69, 9.17) is 38.4 Å². The molecule has 11 heteroatoms. The zero-order chi connectivity index (χ0) is 30.9. The number of hydrogen-bond donors (Lipinski definition) is 3. The summed E-state index contributed by atoms with van der Waals surface area (Å²) in [6.07, 6.45) is 3.19. The molecule has 44 heavy (non-hydrogen) atoms. The number of nitrogen functional groups attached to an aromatic ring is 1. The number of carbonyl (C=O) groups is 2. The number of likely N-dealkylation sites (tertiary alicyclic amines) is 1. The number of fused-ring (bicyclic) bond motifs is 2. The lowest BCUT2D eigenvalue weighted by atomic mass is 9.71. The van der Waals surface area contributed by atoms with E-state index in [9.17, 15) is 9.59 Å². The molecule has 1 spiro atoms. The molecule has 4 N–H and O–H groups in total. The summed E-state index contributed by atoms with van der Waals surface area (Å²) in [6.45, 7) is 0.713. The van der Waals surface area contributed by atoms with E-state index in [0.717, 1.165) is 24.0 Å². The minimum atomic E-state index is -1.07. The molecule has 1 amide bonds. The molecule has 1 unspecified atom stereocenters. The van der Waals surface area contributed by atoms with Crippen LogP contribution < -0.4 is 21.1 Å². The highest BCUT2D eigenvalue weighted by Crippen LogP contribution is 2.57. The van der Waals surface area contributed by atoms with Gasteiger partial charge in [0.05, 0.1) is 19.2 Å². The number of halogens is 3. The van der Waals surface area contributed by atoms with Crippen molar-refractivity contribution in [3.63, 3.8) is 0 Å². The normalized spacial score (nSPS) is 27.6. The number of carbonyl (C=O) groups excluding carboxylic acids is 2. The van der Waals surface area contributed by atoms with Gasteiger partial charge in [0.15, 0.2) is 0 Å². The average Bonchev–Trinajstić information content (AvgIpc) is 3.68. The van der Waals surface area contributed by atoms with Gasteiger partial charge in [-0.25, -0.2) is 9.18 Å². The maximum absolute atomic E-state index is 16.1. The molecule has 3 aliphatic heterocycles. The number of nitrogens with one attached hydrogen (secondary N) is 2. The number of ether oxygens (including phenoxy) is 2. The standard InChI is InChI=1S/C33H33Cl2FN4O4/c1-43-27-12-20(23(37)11-21(27)31(41)44-2)25-13-26-30(38-25)28(19-4-3-5-22(35)29(19)36)33(40(26)15-16-6-7-16)14-17-8-9-18(34)10-24(17)39-32(33)42/h3-5,8-12,16,25-26,28,30,38H,6-7,13-15,37H2,1-2H3,(H,39,42)/t25?,26-,28-,30+,33+/m0/s1. The quantitative estimate of drug-likeness (QED) is 0.234. The SMILES string of the molecule is COC(=O)c1cc(N)c(C2C[C@H]3[C@@H](N2)[C@H](c2cccc(Cl)c2F)[C@@]2(Cc4ccc(Cl)cc4NC2=O)N3CC2CC2)cc1OC. The van der Waals surface area contributed by atoms with Crippen LogP contribution >= 0.6 is 23.2 Å². The molecule has 1 aliphatic carbocycles. The van der Waals surface area contributed by atoms with Gasteiger partial charge in [0.1, 0.15) is 22.7 Å². The van der Waals surface area contributed by atoms with Crippen LogP contribution in [0.4, 0.5) is 15.8 Å². The third-order valence-electron chi connectivity index (χ3n) is 9.90. The summed E-state index contributed by atoms with van der Waals surface area (Å²) in [5, 5.41) is 7.45. The van der Waals surface area contributed by atoms with Gasteiger partial charge in [0, 0.05) is 53.4 Å². The molecule has 3 fully saturated rings. The van der Waals surface area contributed by atoms with Crippen molar-refractivity contribution < 1.29 is 23.5 Å². The van der Waals surface area contributed by atoms with E-state index in [-0.39, 0.29) is 34.6 Å². The van der Waals surface area contributed by atoms with Crippen LogP contribution in [-0.2, 0) is 16.0 Å². The Bertz CT molecular complexity index is 1680. The summed E-state index contributed by atoms with van der Waals surface area (Å²) in [4.78, 5) is 29.2. The maximum Gasteiger partial charge on any atom is 0.341 e. The van der Waals surface area contributed by atoms with Crippen LogP contribution in [0.2, 0.25) is 10.0 Å². The van der Waals surface area contributed by atoms with Crippen LogP contribution in [-0.4, -0.2) is 55.2 Å². The first-order chi connectivity index (χ1) is 21.2. The third-order valence-corrected chi connectivity index (χ3v) is 10.4. The van der Waals surface area contributed by atoms with Crippen LogP contribution in [0, 0.1) is 11.7 Å². The van der Waals surface area contributed by atoms with Gasteiger partial charge in [-0.05, 0) is 72.2 Å². The highest BCUT2D eigenvalue weighted by molar-refractivity contribution is 6.31. The first-order valence-electron chi connectivity index (χ1n) is 14.8. The monoisotopic (exact) mass is 638 g/mol. The van der Waals surface area contributed by atoms with Gasteiger partial charge in [0.25, 0.3) is 0 Å². The van der Waals surface area contributed by atoms with Crippen molar-refractivity contribution in [3.05, 3.63) is 86.6 Å². The van der Waals surface area contributed by atoms with Crippen molar-refractivity contribution in [3.8, 4) is 5.75 Å². The van der Waals surface area contributed by atoms with Crippen molar-refractivity contribution in [1.82, 2.24) is 10.2 Å². The molecule has 0 radical (unpaired) electrons. The molecule has 0 aromatic heterocycles. The molecule has 3 aromatic carbocycles. The molecule has 3 aromatic rings. The van der Waals surface area contributed by atoms with Gasteiger partial charge < -0.3 is 25.8 Å². The molecule has 8 nitrogen and oxygen atoms in total. The lowest BCUT2D eigenvalue weighted by molar-refractivity contribution is -0.129. The lowest BCUT2D eigenvalue weighted by Crippen LogP contribution is -2.61. The zero-order valence-electron chi connectivity index (χ0n) is 24.3. The van der Waals surface area contributed by atoms with Crippen LogP contribution in [0.25, 0.3) is 0 Å². The van der Waals surface area contributed by atoms with Gasteiger partial charge in [-0.3, -0.25) is 9.69 Å². The van der Waals surface area contributed by atoms with E-state index in [1.165, 1.54) is 20.3 Å². The fourth-order valence-corrected chi connectivity index (χ4v) is 8.13. The number of hydrogen-bond acceptors (Lipinski definition) is 7. The van der Waals surface area contributed by atoms with E-state index in [1.54, 1.807) is 30.3 Å². The van der Waals surface area contributed by atoms with Gasteiger partial charge >= 0.3 is 5.97 Å². The number of rotatable bonds is 6. The molecule has 2 saturated heterocycles. The van der Waals surface area contributed by atoms with Crippen molar-refractivity contribution in [1.29, 1.82) is 0 Å². The summed E-state index contributed by atoms with van der Waals surface area (Å²) in [6, 6.07) is 13.2. The van der Waals surface area contributed by atoms with Crippen LogP contribution in [0.5, 0.6) is 5.75 Å². The molecular formula is C33H33Cl2FN4O4. The minimum Gasteiger partial charge on any atom is -0.496 e. The van der Waals surface area contributed by atoms with Gasteiger partial charge in [-0.2, -0.15) is 0 Å². The molecular weight excluding hydrogens is 606 g/mol. The van der Waals surface area contributed by atoms with Gasteiger partial charge in [0.2, 0.25) is 5.91 Å². The number of nitrogens with zero attached hydrogens (tertiary/aromatic N) is 1. The Balaban J connectivity index is 1.36. The van der Waals surface area contributed by atoms with Gasteiger partial charge in [-0.1, -0.05) is 41.4 Å². The van der Waals surface area contributed by atoms with Crippen molar-refractivity contribution in [2.75, 3.05) is 31.8 Å². The highest BCUT2D eigenvalue weighted by Gasteiger charge is 2.67. The topological polar surface area (TPSA) is 106 Å². The highest BCUT2D eigenvalue weighted by atomic mass is 35.5. The van der Waals surface area contributed by atoms with E-state index >= 15 is 4.39 Å². The van der Waals surface area contributed by atoms with Crippen molar-refractivity contribution in [2.45, 2.75) is 55.3 Å². The first-order valence-corrected chi connectivity index (χ1v) is 15.5. The second-order valence-corrected chi connectivity index (χ2v) is 13.1. The van der Waals surface area contributed by atoms with Crippen LogP contribution in [0.3, 0.4) is 0 Å². The Morgan fingerprint density at radius 3 is 2.66 bits per heavy atom. The smallest absolute Gasteiger partial charge is 0.341 e. The van der Waals surface area contributed by atoms with Crippen LogP contribution in [0.15, 0.2) is 48.5 Å². The van der Waals surface area contributed by atoms with E-state index in [2.05, 4.69) is 15.5 Å². The summed E-state index contributed by atoms with van der Waals surface area (Å²) in [5.74, 6) is -1.00. The van der Waals surface area contributed by atoms with Gasteiger partial charge in [-0.15, -0.1) is 0 Å². The molecule has 0 bridgehead atoms. The third kappa shape index (κ3) is 4.55. The second-order valence-electron chi connectivity index (χ2n) is 12.3. The van der Waals surface area contributed by atoms with E-state index in [0.29, 0.717) is 53.0 Å². The molecule has 1 saturated carbocycles. The summed E-state index contributed by atoms with van der Waals surface area (Å²) in [5.41, 5.74) is 8.92. The Morgan fingerprint density at radius 1 is 1.14 bits per heavy atom. The summed E-state index contributed by atoms with van der Waals surface area (Å²) in [7, 11) is 2.80. The van der Waals surface area contributed by atoms with E-state index in [1.807, 2.05) is 12.1 Å². The Morgan fingerprint density at radius 2 is 1.93 bits per heavy atom. The van der Waals surface area contributed by atoms with Crippen molar-refractivity contribution in [2.24, 2.45) is 5.92 Å². The molecule has 3 heterocycles. The number of nitrogens with two attached hydrogens (primary N) is 1. The zero-order valence-corrected chi connectivity index (χ0v) is 25.8. The number of benzene rings is 3. The predicted molar refractivity (Wildman–Crippen MR) is 167 cm³/mol. The maximum atomic E-state index is 16.1. The molecule has 4 aliphatic rings. The summed E-state index contributed by atoms with van der Waals surface area (Å²) >= 11 is 12.7. The fraction of sp³-hybridized carbons (Fsp3) is 0.394. The summed E-state index contributed by atoms with van der Waals surface area (Å²) < 4.78 is 26.5. The minimum absolute atomic E-state index is 0.0140. The second kappa shape index (κ2) is 10.9. The Labute approximate surface area is 265 Å². The number of anilines is 2. The van der Waals surface area contributed by atoms with Crippen molar-refractivity contribution >= 4 is 46.5 Å². The number of methoxy groups -OCH3 is 2. The largest absolute Gasteiger partial charge is 0.496 e. The predicted octanol–water partition coefficient (Wildman–Crippen LogP) is 5.72. The molecule has 7 rings (SSSR count). The first kappa shape index (κ1) is 29.3. The number of esters is 1. The number of amides is 1. The van der Waals surface area contributed by atoms with E-state index < -0.39 is 23.2 Å².